The van der Waals surface area contributed by atoms with E-state index in [0.29, 0.717) is 0 Å². The monoisotopic (exact) mass is 267 g/mol. The zero-order valence-corrected chi connectivity index (χ0v) is 12.7. The highest BCUT2D eigenvalue weighted by Crippen LogP contribution is 2.14. The van der Waals surface area contributed by atoms with Gasteiger partial charge in [-0.25, -0.2) is 0 Å². The van der Waals surface area contributed by atoms with E-state index in [9.17, 15) is 0 Å². The van der Waals surface area contributed by atoms with Gasteiger partial charge < -0.3 is 0 Å². The summed E-state index contributed by atoms with van der Waals surface area (Å²) in [6, 6.07) is 15.2. The van der Waals surface area contributed by atoms with Crippen molar-refractivity contribution in [2.45, 2.75) is 52.4 Å². The topological polar surface area (TPSA) is 12.9 Å². The summed E-state index contributed by atoms with van der Waals surface area (Å²) >= 11 is 0. The molecule has 0 fully saturated rings. The highest BCUT2D eigenvalue weighted by Gasteiger charge is 2.05. The van der Waals surface area contributed by atoms with E-state index in [0.717, 1.165) is 25.7 Å². The minimum Gasteiger partial charge on any atom is -0.258 e. The van der Waals surface area contributed by atoms with Crippen LogP contribution in [0, 0.1) is 0 Å². The Morgan fingerprint density at radius 2 is 1.50 bits per heavy atom. The van der Waals surface area contributed by atoms with Crippen LogP contribution < -0.4 is 0 Å². The molecule has 0 atom stereocenters. The molecule has 1 heteroatoms. The van der Waals surface area contributed by atoms with Crippen LogP contribution in [0.2, 0.25) is 0 Å². The van der Waals surface area contributed by atoms with Crippen LogP contribution in [0.5, 0.6) is 0 Å². The maximum Gasteiger partial charge on any atom is 0.0438 e. The van der Waals surface area contributed by atoms with Crippen molar-refractivity contribution in [1.82, 2.24) is 4.98 Å². The van der Waals surface area contributed by atoms with E-state index in [1.54, 1.807) is 0 Å². The molecule has 0 aliphatic carbocycles. The number of aromatic nitrogens is 1. The first-order chi connectivity index (χ1) is 9.83. The summed E-state index contributed by atoms with van der Waals surface area (Å²) in [7, 11) is 0. The van der Waals surface area contributed by atoms with Crippen LogP contribution in [0.15, 0.2) is 42.5 Å². The van der Waals surface area contributed by atoms with Crippen molar-refractivity contribution in [3.63, 3.8) is 0 Å². The second kappa shape index (κ2) is 7.84. The molecule has 0 bridgehead atoms. The zero-order valence-electron chi connectivity index (χ0n) is 12.7. The molecular formula is C19H25N. The van der Waals surface area contributed by atoms with Gasteiger partial charge in [-0.05, 0) is 42.9 Å². The second-order valence-corrected chi connectivity index (χ2v) is 5.39. The summed E-state index contributed by atoms with van der Waals surface area (Å²) in [6.45, 7) is 4.47. The van der Waals surface area contributed by atoms with Crippen LogP contribution in [0.25, 0.3) is 0 Å². The standard InChI is InChI=1S/C19H25N/c1-3-8-17-13-15-18(20-19(17)9-4-2)14-12-16-10-6-5-7-11-16/h5-7,10-11,13,15H,3-4,8-9,12,14H2,1-2H3. The fourth-order valence-corrected chi connectivity index (χ4v) is 2.58. The van der Waals surface area contributed by atoms with Crippen molar-refractivity contribution in [2.24, 2.45) is 0 Å². The van der Waals surface area contributed by atoms with E-state index in [2.05, 4.69) is 56.3 Å². The lowest BCUT2D eigenvalue weighted by Gasteiger charge is -2.10. The number of benzene rings is 1. The van der Waals surface area contributed by atoms with Gasteiger partial charge in [-0.2, -0.15) is 0 Å². The lowest BCUT2D eigenvalue weighted by Crippen LogP contribution is -2.02. The third kappa shape index (κ3) is 4.19. The molecule has 0 saturated heterocycles. The summed E-state index contributed by atoms with van der Waals surface area (Å²) < 4.78 is 0. The molecule has 2 aromatic rings. The molecule has 0 radical (unpaired) electrons. The Hall–Kier alpha value is -1.63. The van der Waals surface area contributed by atoms with E-state index in [4.69, 9.17) is 4.98 Å². The average molecular weight is 267 g/mol. The first-order valence-corrected chi connectivity index (χ1v) is 7.85. The molecule has 0 spiro atoms. The van der Waals surface area contributed by atoms with Crippen LogP contribution >= 0.6 is 0 Å². The molecule has 0 aliphatic rings. The first kappa shape index (κ1) is 14.8. The predicted octanol–water partition coefficient (Wildman–Crippen LogP) is 4.77. The Kier molecular flexibility index (Phi) is 5.79. The van der Waals surface area contributed by atoms with Crippen LogP contribution in [0.4, 0.5) is 0 Å². The molecule has 0 amide bonds. The summed E-state index contributed by atoms with van der Waals surface area (Å²) in [6.07, 6.45) is 6.74. The third-order valence-electron chi connectivity index (χ3n) is 3.64. The Labute approximate surface area is 123 Å². The number of hydrogen-bond donors (Lipinski definition) is 0. The van der Waals surface area contributed by atoms with Crippen molar-refractivity contribution < 1.29 is 0 Å². The molecule has 0 aliphatic heterocycles. The van der Waals surface area contributed by atoms with Gasteiger partial charge in [-0.15, -0.1) is 0 Å². The number of nitrogens with zero attached hydrogens (tertiary/aromatic N) is 1. The molecule has 1 heterocycles. The molecule has 0 N–H and O–H groups in total. The largest absolute Gasteiger partial charge is 0.258 e. The van der Waals surface area contributed by atoms with Crippen LogP contribution in [-0.2, 0) is 25.7 Å². The SMILES string of the molecule is CCCc1ccc(CCc2ccccc2)nc1CCC. The van der Waals surface area contributed by atoms with Gasteiger partial charge in [0.15, 0.2) is 0 Å². The minimum atomic E-state index is 1.03. The Balaban J connectivity index is 2.06. The van der Waals surface area contributed by atoms with Crippen LogP contribution in [0.3, 0.4) is 0 Å². The molecule has 1 aromatic heterocycles. The number of rotatable bonds is 7. The van der Waals surface area contributed by atoms with Gasteiger partial charge in [0.05, 0.1) is 0 Å². The van der Waals surface area contributed by atoms with Crippen molar-refractivity contribution in [3.8, 4) is 0 Å². The maximum absolute atomic E-state index is 4.90. The van der Waals surface area contributed by atoms with Gasteiger partial charge in [0, 0.05) is 11.4 Å². The lowest BCUT2D eigenvalue weighted by molar-refractivity contribution is 0.803. The Bertz CT molecular complexity index is 517. The van der Waals surface area contributed by atoms with Gasteiger partial charge in [0.25, 0.3) is 0 Å². The predicted molar refractivity (Wildman–Crippen MR) is 86.1 cm³/mol. The second-order valence-electron chi connectivity index (χ2n) is 5.39. The quantitative estimate of drug-likeness (QED) is 0.704. The third-order valence-corrected chi connectivity index (χ3v) is 3.64. The zero-order chi connectivity index (χ0) is 14.2. The highest BCUT2D eigenvalue weighted by molar-refractivity contribution is 5.24. The molecule has 0 unspecified atom stereocenters. The van der Waals surface area contributed by atoms with Gasteiger partial charge in [0.1, 0.15) is 0 Å². The van der Waals surface area contributed by atoms with Crippen molar-refractivity contribution in [1.29, 1.82) is 0 Å². The van der Waals surface area contributed by atoms with E-state index >= 15 is 0 Å². The average Bonchev–Trinajstić information content (AvgIpc) is 2.49. The normalized spacial score (nSPS) is 10.7. The maximum atomic E-state index is 4.90. The molecule has 20 heavy (non-hydrogen) atoms. The Morgan fingerprint density at radius 3 is 2.20 bits per heavy atom. The molecular weight excluding hydrogens is 242 g/mol. The fraction of sp³-hybridized carbons (Fsp3) is 0.421. The summed E-state index contributed by atoms with van der Waals surface area (Å²) in [5.74, 6) is 0. The van der Waals surface area contributed by atoms with E-state index in [1.165, 1.54) is 35.4 Å². The molecule has 2 rings (SSSR count). The van der Waals surface area contributed by atoms with Crippen molar-refractivity contribution in [3.05, 3.63) is 65.0 Å². The van der Waals surface area contributed by atoms with Gasteiger partial charge in [0.2, 0.25) is 0 Å². The molecule has 106 valence electrons. The smallest absolute Gasteiger partial charge is 0.0438 e. The van der Waals surface area contributed by atoms with Gasteiger partial charge in [-0.3, -0.25) is 4.98 Å². The van der Waals surface area contributed by atoms with Crippen molar-refractivity contribution in [2.75, 3.05) is 0 Å². The minimum absolute atomic E-state index is 1.03. The summed E-state index contributed by atoms with van der Waals surface area (Å²) in [4.78, 5) is 4.90. The fourth-order valence-electron chi connectivity index (χ4n) is 2.58. The number of hydrogen-bond acceptors (Lipinski definition) is 1. The highest BCUT2D eigenvalue weighted by atomic mass is 14.7. The van der Waals surface area contributed by atoms with Crippen LogP contribution in [-0.4, -0.2) is 4.98 Å². The van der Waals surface area contributed by atoms with E-state index in [1.807, 2.05) is 0 Å². The molecule has 1 aromatic carbocycles. The number of aryl methyl sites for hydroxylation is 4. The van der Waals surface area contributed by atoms with Crippen LogP contribution in [0.1, 0.15) is 49.2 Å². The summed E-state index contributed by atoms with van der Waals surface area (Å²) in [5.41, 5.74) is 5.39. The molecule has 1 nitrogen and oxygen atoms in total. The van der Waals surface area contributed by atoms with Crippen molar-refractivity contribution >= 4 is 0 Å². The summed E-state index contributed by atoms with van der Waals surface area (Å²) in [5, 5.41) is 0. The van der Waals surface area contributed by atoms with Gasteiger partial charge in [-0.1, -0.05) is 63.1 Å². The number of pyridine rings is 1. The first-order valence-electron chi connectivity index (χ1n) is 7.85. The Morgan fingerprint density at radius 1 is 0.750 bits per heavy atom. The lowest BCUT2D eigenvalue weighted by atomic mass is 10.0. The molecule has 0 saturated carbocycles. The van der Waals surface area contributed by atoms with Gasteiger partial charge >= 0.3 is 0 Å². The van der Waals surface area contributed by atoms with E-state index in [-0.39, 0.29) is 0 Å². The van der Waals surface area contributed by atoms with E-state index < -0.39 is 0 Å².